The Hall–Kier alpha value is -1.40. The van der Waals surface area contributed by atoms with Crippen molar-refractivity contribution < 1.29 is 0 Å². The fourth-order valence-corrected chi connectivity index (χ4v) is 3.14. The normalized spacial score (nSPS) is 10.2. The summed E-state index contributed by atoms with van der Waals surface area (Å²) in [5, 5.41) is 0. The fraction of sp³-hybridized carbons (Fsp3) is 0.786. The molecule has 2 nitrogen and oxygen atoms in total. The van der Waals surface area contributed by atoms with Crippen LogP contribution >= 0.6 is 0 Å². The van der Waals surface area contributed by atoms with E-state index in [2.05, 4.69) is 73.0 Å². The average molecular weight is 413 g/mol. The second-order valence-electron chi connectivity index (χ2n) is 7.81. The third-order valence-electron chi connectivity index (χ3n) is 5.48. The summed E-state index contributed by atoms with van der Waals surface area (Å²) in [7, 11) is 0. The van der Waals surface area contributed by atoms with Gasteiger partial charge in [-0.2, -0.15) is 0 Å². The molecule has 0 aliphatic rings. The van der Waals surface area contributed by atoms with E-state index in [1.807, 2.05) is 0 Å². The third kappa shape index (κ3) is 19.9. The summed E-state index contributed by atoms with van der Waals surface area (Å²) in [6.07, 6.45) is 14.4. The molecule has 0 aliphatic carbocycles. The van der Waals surface area contributed by atoms with Gasteiger partial charge in [0.1, 0.15) is 0 Å². The molecule has 0 fully saturated rings. The van der Waals surface area contributed by atoms with Gasteiger partial charge in [-0.15, -0.1) is 23.7 Å². The minimum atomic E-state index is 0.924. The Balaban J connectivity index is 3.39. The number of nitrogens with zero attached hydrogens (tertiary/aromatic N) is 2. The first-order valence-electron chi connectivity index (χ1n) is 12.6. The number of hydrogen-bond acceptors (Lipinski definition) is 2. The number of hydrogen-bond donors (Lipinski definition) is 0. The molecule has 0 N–H and O–H groups in total. The Morgan fingerprint density at radius 2 is 0.633 bits per heavy atom. The van der Waals surface area contributed by atoms with Gasteiger partial charge in [0, 0.05) is 25.7 Å². The van der Waals surface area contributed by atoms with E-state index in [1.165, 1.54) is 51.4 Å². The van der Waals surface area contributed by atoms with Gasteiger partial charge >= 0.3 is 0 Å². The van der Waals surface area contributed by atoms with E-state index in [9.17, 15) is 0 Å². The van der Waals surface area contributed by atoms with E-state index in [0.717, 1.165) is 65.0 Å². The zero-order valence-electron chi connectivity index (χ0n) is 20.6. The first-order valence-corrected chi connectivity index (χ1v) is 12.6. The molecule has 0 saturated heterocycles. The molecule has 2 heteroatoms. The molecule has 0 saturated carbocycles. The quantitative estimate of drug-likeness (QED) is 0.215. The van der Waals surface area contributed by atoms with Crippen LogP contribution in [-0.4, -0.2) is 49.1 Å². The van der Waals surface area contributed by atoms with Gasteiger partial charge in [0.15, 0.2) is 0 Å². The maximum atomic E-state index is 3.35. The van der Waals surface area contributed by atoms with Crippen LogP contribution in [0.15, 0.2) is 0 Å². The first kappa shape index (κ1) is 28.6. The molecule has 0 bridgehead atoms. The van der Waals surface area contributed by atoms with Crippen molar-refractivity contribution in [3.05, 3.63) is 0 Å². The summed E-state index contributed by atoms with van der Waals surface area (Å²) in [4.78, 5) is 4.71. The highest BCUT2D eigenvalue weighted by atomic mass is 15.1. The van der Waals surface area contributed by atoms with Gasteiger partial charge in [-0.3, -0.25) is 9.80 Å². The van der Waals surface area contributed by atoms with Gasteiger partial charge in [-0.25, -0.2) is 0 Å². The largest absolute Gasteiger partial charge is 0.293 e. The summed E-state index contributed by atoms with van der Waals surface area (Å²) in [5.74, 6) is 19.9. The van der Waals surface area contributed by atoms with E-state index in [-0.39, 0.29) is 0 Å². The van der Waals surface area contributed by atoms with Crippen LogP contribution in [0, 0.1) is 35.5 Å². The molecule has 0 aromatic heterocycles. The van der Waals surface area contributed by atoms with Gasteiger partial charge in [-0.1, -0.05) is 65.2 Å². The van der Waals surface area contributed by atoms with Crippen molar-refractivity contribution in [2.45, 2.75) is 105 Å². The van der Waals surface area contributed by atoms with Crippen molar-refractivity contribution in [3.8, 4) is 35.5 Å². The molecule has 0 radical (unpaired) electrons. The minimum absolute atomic E-state index is 0.924. The molecule has 0 spiro atoms. The highest BCUT2D eigenvalue weighted by Gasteiger charge is 1.94. The molecule has 0 unspecified atom stereocenters. The first-order chi connectivity index (χ1) is 14.8. The second kappa shape index (κ2) is 23.9. The fourth-order valence-electron chi connectivity index (χ4n) is 3.14. The molecule has 0 heterocycles. The molecule has 0 aliphatic heterocycles. The lowest BCUT2D eigenvalue weighted by Gasteiger charge is -2.13. The van der Waals surface area contributed by atoms with Crippen LogP contribution in [0.5, 0.6) is 0 Å². The number of unbranched alkanes of at least 4 members (excludes halogenated alkanes) is 10. The molecular formula is C28H48N2. The van der Waals surface area contributed by atoms with E-state index in [4.69, 9.17) is 0 Å². The summed E-state index contributed by atoms with van der Waals surface area (Å²) < 4.78 is 0. The monoisotopic (exact) mass is 412 g/mol. The maximum Gasteiger partial charge on any atom is 0.0601 e. The van der Waals surface area contributed by atoms with Crippen molar-refractivity contribution in [3.63, 3.8) is 0 Å². The van der Waals surface area contributed by atoms with Crippen LogP contribution in [0.1, 0.15) is 105 Å². The Bertz CT molecular complexity index is 490. The lowest BCUT2D eigenvalue weighted by Crippen LogP contribution is -2.22. The van der Waals surface area contributed by atoms with E-state index in [0.29, 0.717) is 0 Å². The topological polar surface area (TPSA) is 6.48 Å². The minimum Gasteiger partial charge on any atom is -0.293 e. The van der Waals surface area contributed by atoms with Gasteiger partial charge < -0.3 is 0 Å². The van der Waals surface area contributed by atoms with Gasteiger partial charge in [0.2, 0.25) is 0 Å². The molecule has 0 aromatic carbocycles. The lowest BCUT2D eigenvalue weighted by atomic mass is 10.1. The van der Waals surface area contributed by atoms with Crippen LogP contribution in [-0.2, 0) is 0 Å². The van der Waals surface area contributed by atoms with E-state index >= 15 is 0 Å². The van der Waals surface area contributed by atoms with Crippen molar-refractivity contribution in [2.24, 2.45) is 0 Å². The van der Waals surface area contributed by atoms with Gasteiger partial charge in [0.05, 0.1) is 13.1 Å². The van der Waals surface area contributed by atoms with E-state index < -0.39 is 0 Å². The second-order valence-corrected chi connectivity index (χ2v) is 7.81. The van der Waals surface area contributed by atoms with Crippen LogP contribution in [0.4, 0.5) is 0 Å². The molecule has 0 amide bonds. The average Bonchev–Trinajstić information content (AvgIpc) is 2.77. The summed E-state index contributed by atoms with van der Waals surface area (Å²) in [6, 6.07) is 0. The predicted octanol–water partition coefficient (Wildman–Crippen LogP) is 6.36. The predicted molar refractivity (Wildman–Crippen MR) is 134 cm³/mol. The van der Waals surface area contributed by atoms with Gasteiger partial charge in [0.25, 0.3) is 0 Å². The molecule has 0 atom stereocenters. The summed E-state index contributed by atoms with van der Waals surface area (Å²) in [5.41, 5.74) is 0. The van der Waals surface area contributed by atoms with Gasteiger partial charge in [-0.05, 0) is 51.9 Å². The molecule has 0 aromatic rings. The smallest absolute Gasteiger partial charge is 0.0601 e. The third-order valence-corrected chi connectivity index (χ3v) is 5.48. The van der Waals surface area contributed by atoms with Crippen LogP contribution in [0.25, 0.3) is 0 Å². The summed E-state index contributed by atoms with van der Waals surface area (Å²) in [6.45, 7) is 15.0. The molecule has 30 heavy (non-hydrogen) atoms. The SMILES string of the molecule is CCN(CC)CC#CCCCCCCC#CCCCCCCC#CCN(CC)CC. The van der Waals surface area contributed by atoms with Crippen molar-refractivity contribution in [1.82, 2.24) is 9.80 Å². The Morgan fingerprint density at radius 3 is 0.900 bits per heavy atom. The lowest BCUT2D eigenvalue weighted by molar-refractivity contribution is 0.342. The highest BCUT2D eigenvalue weighted by Crippen LogP contribution is 2.06. The highest BCUT2D eigenvalue weighted by molar-refractivity contribution is 5.02. The Labute approximate surface area is 189 Å². The Morgan fingerprint density at radius 1 is 0.367 bits per heavy atom. The standard InChI is InChI=1S/C28H48N2/c1-5-29(6-2)27-25-23-21-19-17-15-13-11-9-10-12-14-16-18-20-22-24-26-28-30(7-3)8-4/h5-8,11-22,27-28H2,1-4H3. The molecule has 170 valence electrons. The van der Waals surface area contributed by atoms with Crippen molar-refractivity contribution >= 4 is 0 Å². The molecular weight excluding hydrogens is 364 g/mol. The van der Waals surface area contributed by atoms with Crippen molar-refractivity contribution in [1.29, 1.82) is 0 Å². The van der Waals surface area contributed by atoms with E-state index in [1.54, 1.807) is 0 Å². The summed E-state index contributed by atoms with van der Waals surface area (Å²) >= 11 is 0. The van der Waals surface area contributed by atoms with Crippen LogP contribution in [0.3, 0.4) is 0 Å². The van der Waals surface area contributed by atoms with Crippen molar-refractivity contribution in [2.75, 3.05) is 39.3 Å². The Kier molecular flexibility index (Phi) is 22.8. The maximum absolute atomic E-state index is 3.35. The van der Waals surface area contributed by atoms with Crippen LogP contribution < -0.4 is 0 Å². The zero-order valence-corrected chi connectivity index (χ0v) is 20.6. The molecule has 0 rings (SSSR count). The zero-order chi connectivity index (χ0) is 22.1. The van der Waals surface area contributed by atoms with Crippen LogP contribution in [0.2, 0.25) is 0 Å². The number of rotatable bonds is 16.